The molecule has 0 aliphatic carbocycles. The molecule has 0 radical (unpaired) electrons. The van der Waals surface area contributed by atoms with Gasteiger partial charge in [0, 0.05) is 6.08 Å². The minimum atomic E-state index is -1.61. The summed E-state index contributed by atoms with van der Waals surface area (Å²) in [6.07, 6.45) is 0.946. The van der Waals surface area contributed by atoms with Gasteiger partial charge in [-0.3, -0.25) is 0 Å². The standard InChI is InChI=1S/C17H22FNO3/c1-2-3-11-19-13-9-10-14(20)22-17(13)16(21)15(18)12-7-5-4-6-8-12/h4-10,13,15-17,19,21H,2-3,11H2,1H3/t13?,15-,16+,17-/m1/s1. The van der Waals surface area contributed by atoms with E-state index in [1.807, 2.05) is 0 Å². The molecular weight excluding hydrogens is 285 g/mol. The highest BCUT2D eigenvalue weighted by Gasteiger charge is 2.38. The summed E-state index contributed by atoms with van der Waals surface area (Å²) < 4.78 is 19.7. The minimum Gasteiger partial charge on any atom is -0.454 e. The Morgan fingerprint density at radius 3 is 2.77 bits per heavy atom. The molecule has 5 heteroatoms. The molecule has 4 nitrogen and oxygen atoms in total. The Morgan fingerprint density at radius 1 is 1.36 bits per heavy atom. The van der Waals surface area contributed by atoms with Crippen LogP contribution in [0.5, 0.6) is 0 Å². The fraction of sp³-hybridized carbons (Fsp3) is 0.471. The molecule has 1 heterocycles. The van der Waals surface area contributed by atoms with Gasteiger partial charge >= 0.3 is 5.97 Å². The number of hydrogen-bond acceptors (Lipinski definition) is 4. The second-order valence-corrected chi connectivity index (χ2v) is 5.40. The number of halogens is 1. The molecule has 2 rings (SSSR count). The van der Waals surface area contributed by atoms with Gasteiger partial charge in [-0.2, -0.15) is 0 Å². The van der Waals surface area contributed by atoms with Crippen molar-refractivity contribution in [3.63, 3.8) is 0 Å². The van der Waals surface area contributed by atoms with Crippen molar-refractivity contribution >= 4 is 5.97 Å². The van der Waals surface area contributed by atoms with E-state index in [1.165, 1.54) is 6.08 Å². The molecule has 4 atom stereocenters. The molecule has 0 fully saturated rings. The highest BCUT2D eigenvalue weighted by atomic mass is 19.1. The first kappa shape index (κ1) is 16.6. The van der Waals surface area contributed by atoms with Crippen LogP contribution in [0.15, 0.2) is 42.5 Å². The van der Waals surface area contributed by atoms with Crippen LogP contribution in [0.4, 0.5) is 4.39 Å². The number of unbranched alkanes of at least 4 members (excludes halogenated alkanes) is 1. The maximum Gasteiger partial charge on any atom is 0.330 e. The van der Waals surface area contributed by atoms with E-state index in [1.54, 1.807) is 36.4 Å². The van der Waals surface area contributed by atoms with E-state index < -0.39 is 24.3 Å². The number of esters is 1. The molecule has 0 amide bonds. The second kappa shape index (κ2) is 8.06. The molecule has 1 aliphatic heterocycles. The van der Waals surface area contributed by atoms with Crippen LogP contribution in [0.25, 0.3) is 0 Å². The van der Waals surface area contributed by atoms with Gasteiger partial charge in [-0.1, -0.05) is 49.8 Å². The normalized spacial score (nSPS) is 23.9. The van der Waals surface area contributed by atoms with Crippen LogP contribution >= 0.6 is 0 Å². The average molecular weight is 307 g/mol. The molecule has 0 bridgehead atoms. The van der Waals surface area contributed by atoms with Crippen molar-refractivity contribution < 1.29 is 19.0 Å². The van der Waals surface area contributed by atoms with Gasteiger partial charge in [0.2, 0.25) is 0 Å². The number of carbonyl (C=O) groups is 1. The smallest absolute Gasteiger partial charge is 0.330 e. The summed E-state index contributed by atoms with van der Waals surface area (Å²) in [6, 6.07) is 8.01. The van der Waals surface area contributed by atoms with Gasteiger partial charge in [-0.15, -0.1) is 0 Å². The lowest BCUT2D eigenvalue weighted by atomic mass is 9.95. The molecule has 0 saturated heterocycles. The Kier molecular flexibility index (Phi) is 6.10. The van der Waals surface area contributed by atoms with E-state index in [4.69, 9.17) is 4.74 Å². The summed E-state index contributed by atoms with van der Waals surface area (Å²) in [6.45, 7) is 2.78. The van der Waals surface area contributed by atoms with Crippen LogP contribution in [0.2, 0.25) is 0 Å². The summed E-state index contributed by atoms with van der Waals surface area (Å²) in [4.78, 5) is 11.4. The van der Waals surface area contributed by atoms with Gasteiger partial charge in [0.05, 0.1) is 6.04 Å². The van der Waals surface area contributed by atoms with Crippen LogP contribution in [-0.4, -0.2) is 35.9 Å². The number of aliphatic hydroxyl groups excluding tert-OH is 1. The third-order valence-corrected chi connectivity index (χ3v) is 3.71. The van der Waals surface area contributed by atoms with Crippen molar-refractivity contribution in [1.29, 1.82) is 0 Å². The summed E-state index contributed by atoms with van der Waals surface area (Å²) in [5.74, 6) is -0.558. The average Bonchev–Trinajstić information content (AvgIpc) is 2.56. The van der Waals surface area contributed by atoms with Gasteiger partial charge < -0.3 is 15.2 Å². The molecule has 1 aliphatic rings. The van der Waals surface area contributed by atoms with Gasteiger partial charge in [0.1, 0.15) is 12.2 Å². The maximum absolute atomic E-state index is 14.5. The lowest BCUT2D eigenvalue weighted by Crippen LogP contribution is -2.51. The topological polar surface area (TPSA) is 58.6 Å². The van der Waals surface area contributed by atoms with Crippen LogP contribution in [0, 0.1) is 0 Å². The Hall–Kier alpha value is -1.72. The minimum absolute atomic E-state index is 0.368. The maximum atomic E-state index is 14.5. The quantitative estimate of drug-likeness (QED) is 0.599. The highest BCUT2D eigenvalue weighted by Crippen LogP contribution is 2.27. The summed E-state index contributed by atoms with van der Waals surface area (Å²) in [5.41, 5.74) is 0.368. The lowest BCUT2D eigenvalue weighted by Gasteiger charge is -2.33. The largest absolute Gasteiger partial charge is 0.454 e. The number of cyclic esters (lactones) is 1. The second-order valence-electron chi connectivity index (χ2n) is 5.40. The van der Waals surface area contributed by atoms with Crippen LogP contribution in [0.1, 0.15) is 31.5 Å². The van der Waals surface area contributed by atoms with Crippen molar-refractivity contribution in [1.82, 2.24) is 5.32 Å². The zero-order chi connectivity index (χ0) is 15.9. The van der Waals surface area contributed by atoms with Crippen molar-refractivity contribution in [2.75, 3.05) is 6.54 Å². The zero-order valence-corrected chi connectivity index (χ0v) is 12.6. The zero-order valence-electron chi connectivity index (χ0n) is 12.6. The number of alkyl halides is 1. The fourth-order valence-corrected chi connectivity index (χ4v) is 2.45. The molecule has 22 heavy (non-hydrogen) atoms. The fourth-order valence-electron chi connectivity index (χ4n) is 2.45. The molecule has 1 unspecified atom stereocenters. The lowest BCUT2D eigenvalue weighted by molar-refractivity contribution is -0.155. The van der Waals surface area contributed by atoms with Crippen LogP contribution in [-0.2, 0) is 9.53 Å². The number of nitrogens with one attached hydrogen (secondary N) is 1. The Bertz CT molecular complexity index is 506. The van der Waals surface area contributed by atoms with Gasteiger partial charge in [-0.05, 0) is 18.5 Å². The summed E-state index contributed by atoms with van der Waals surface area (Å²) in [5, 5.41) is 13.5. The van der Waals surface area contributed by atoms with Gasteiger partial charge in [-0.25, -0.2) is 9.18 Å². The number of aliphatic hydroxyl groups is 1. The van der Waals surface area contributed by atoms with Gasteiger partial charge in [0.15, 0.2) is 6.17 Å². The molecule has 0 spiro atoms. The predicted molar refractivity (Wildman–Crippen MR) is 82.0 cm³/mol. The van der Waals surface area contributed by atoms with Crippen LogP contribution in [0.3, 0.4) is 0 Å². The first-order valence-electron chi connectivity index (χ1n) is 7.62. The molecule has 0 aromatic heterocycles. The molecule has 120 valence electrons. The number of carbonyl (C=O) groups excluding carboxylic acids is 1. The summed E-state index contributed by atoms with van der Waals surface area (Å²) in [7, 11) is 0. The SMILES string of the molecule is CCCCNC1C=CC(=O)O[C@H]1[C@@H](O)[C@H](F)c1ccccc1. The Balaban J connectivity index is 2.08. The van der Waals surface area contributed by atoms with Crippen molar-refractivity contribution in [2.24, 2.45) is 0 Å². The number of ether oxygens (including phenoxy) is 1. The number of rotatable bonds is 7. The predicted octanol–water partition coefficient (Wildman–Crippen LogP) is 2.30. The highest BCUT2D eigenvalue weighted by molar-refractivity contribution is 5.83. The van der Waals surface area contributed by atoms with Crippen LogP contribution < -0.4 is 5.32 Å². The third-order valence-electron chi connectivity index (χ3n) is 3.71. The van der Waals surface area contributed by atoms with E-state index in [0.29, 0.717) is 12.1 Å². The van der Waals surface area contributed by atoms with Gasteiger partial charge in [0.25, 0.3) is 0 Å². The third kappa shape index (κ3) is 4.15. The van der Waals surface area contributed by atoms with E-state index in [-0.39, 0.29) is 6.04 Å². The van der Waals surface area contributed by atoms with Crippen molar-refractivity contribution in [3.8, 4) is 0 Å². The Labute approximate surface area is 130 Å². The van der Waals surface area contributed by atoms with Crippen molar-refractivity contribution in [2.45, 2.75) is 44.2 Å². The molecule has 1 aromatic carbocycles. The first-order valence-corrected chi connectivity index (χ1v) is 7.62. The first-order chi connectivity index (χ1) is 10.6. The van der Waals surface area contributed by atoms with E-state index in [9.17, 15) is 14.3 Å². The molecule has 1 aromatic rings. The van der Waals surface area contributed by atoms with E-state index >= 15 is 0 Å². The van der Waals surface area contributed by atoms with Crippen molar-refractivity contribution in [3.05, 3.63) is 48.0 Å². The number of benzene rings is 1. The number of hydrogen-bond donors (Lipinski definition) is 2. The molecule has 0 saturated carbocycles. The molecular formula is C17H22FNO3. The molecule has 2 N–H and O–H groups in total. The van der Waals surface area contributed by atoms with E-state index in [2.05, 4.69) is 12.2 Å². The summed E-state index contributed by atoms with van der Waals surface area (Å²) >= 11 is 0. The van der Waals surface area contributed by atoms with E-state index in [0.717, 1.165) is 12.8 Å². The monoisotopic (exact) mass is 307 g/mol. The Morgan fingerprint density at radius 2 is 2.09 bits per heavy atom.